The van der Waals surface area contributed by atoms with Crippen molar-refractivity contribution in [3.63, 3.8) is 0 Å². The van der Waals surface area contributed by atoms with Crippen molar-refractivity contribution >= 4 is 0 Å². The fourth-order valence-electron chi connectivity index (χ4n) is 2.33. The van der Waals surface area contributed by atoms with Crippen LogP contribution in [0.2, 0.25) is 0 Å². The Morgan fingerprint density at radius 3 is 2.12 bits per heavy atom. The zero-order valence-electron chi connectivity index (χ0n) is 10.9. The lowest BCUT2D eigenvalue weighted by molar-refractivity contribution is 0.174. The van der Waals surface area contributed by atoms with Gasteiger partial charge in [-0.2, -0.15) is 0 Å². The number of rotatable bonds is 6. The summed E-state index contributed by atoms with van der Waals surface area (Å²) in [5.74, 6) is 1.85. The van der Waals surface area contributed by atoms with Gasteiger partial charge in [-0.15, -0.1) is 0 Å². The number of fused-ring (bicyclic) bond motifs is 1. The lowest BCUT2D eigenvalue weighted by atomic mass is 9.97. The molecule has 1 aromatic carbocycles. The van der Waals surface area contributed by atoms with Gasteiger partial charge in [0.25, 0.3) is 0 Å². The van der Waals surface area contributed by atoms with Crippen LogP contribution in [0.3, 0.4) is 0 Å². The summed E-state index contributed by atoms with van der Waals surface area (Å²) in [5, 5.41) is 0. The predicted molar refractivity (Wildman–Crippen MR) is 69.8 cm³/mol. The number of hydrogen-bond acceptors (Lipinski definition) is 2. The molecule has 0 atom stereocenters. The van der Waals surface area contributed by atoms with Crippen LogP contribution >= 0.6 is 0 Å². The first-order valence-corrected chi connectivity index (χ1v) is 6.76. The van der Waals surface area contributed by atoms with Gasteiger partial charge in [0.05, 0.1) is 0 Å². The van der Waals surface area contributed by atoms with E-state index < -0.39 is 0 Å². The molecule has 0 saturated heterocycles. The van der Waals surface area contributed by atoms with Crippen molar-refractivity contribution in [3.05, 3.63) is 23.3 Å². The molecule has 2 rings (SSSR count). The number of ether oxygens (including phenoxy) is 2. The van der Waals surface area contributed by atoms with Crippen LogP contribution in [0.1, 0.15) is 50.7 Å². The van der Waals surface area contributed by atoms with Gasteiger partial charge in [-0.25, -0.2) is 0 Å². The molecule has 0 saturated carbocycles. The van der Waals surface area contributed by atoms with E-state index in [-0.39, 0.29) is 0 Å². The molecule has 0 spiro atoms. The number of aryl methyl sites for hydroxylation is 2. The standard InChI is InChI=1S/C15H22O2/c1-3-5-6-8-13-10-15-14(16-11-17-15)9-12(13)7-4-2/h9-10H,3-8,11H2,1-2H3. The molecule has 0 amide bonds. The van der Waals surface area contributed by atoms with E-state index in [9.17, 15) is 0 Å². The minimum atomic E-state index is 0.374. The Labute approximate surface area is 104 Å². The van der Waals surface area contributed by atoms with E-state index in [0.717, 1.165) is 17.9 Å². The van der Waals surface area contributed by atoms with Crippen LogP contribution in [0.15, 0.2) is 12.1 Å². The van der Waals surface area contributed by atoms with Gasteiger partial charge in [-0.3, -0.25) is 0 Å². The third-order valence-corrected chi connectivity index (χ3v) is 3.26. The fourth-order valence-corrected chi connectivity index (χ4v) is 2.33. The van der Waals surface area contributed by atoms with Crippen LogP contribution in [0.5, 0.6) is 11.5 Å². The molecule has 0 fully saturated rings. The van der Waals surface area contributed by atoms with Crippen LogP contribution in [-0.4, -0.2) is 6.79 Å². The molecular formula is C15H22O2. The van der Waals surface area contributed by atoms with Crippen molar-refractivity contribution in [1.29, 1.82) is 0 Å². The summed E-state index contributed by atoms with van der Waals surface area (Å²) in [6.45, 7) is 4.84. The van der Waals surface area contributed by atoms with E-state index in [4.69, 9.17) is 9.47 Å². The molecule has 2 heteroatoms. The van der Waals surface area contributed by atoms with Crippen molar-refractivity contribution in [2.75, 3.05) is 6.79 Å². The van der Waals surface area contributed by atoms with Gasteiger partial charge in [0, 0.05) is 0 Å². The Balaban J connectivity index is 2.15. The van der Waals surface area contributed by atoms with Crippen molar-refractivity contribution in [2.24, 2.45) is 0 Å². The van der Waals surface area contributed by atoms with Gasteiger partial charge in [-0.1, -0.05) is 33.1 Å². The first-order chi connectivity index (χ1) is 8.35. The van der Waals surface area contributed by atoms with Gasteiger partial charge in [0.1, 0.15) is 0 Å². The first kappa shape index (κ1) is 12.3. The Kier molecular flexibility index (Phi) is 4.29. The van der Waals surface area contributed by atoms with E-state index in [0.29, 0.717) is 6.79 Å². The van der Waals surface area contributed by atoms with Crippen LogP contribution in [0, 0.1) is 0 Å². The zero-order valence-corrected chi connectivity index (χ0v) is 10.9. The molecule has 0 aromatic heterocycles. The van der Waals surface area contributed by atoms with Crippen molar-refractivity contribution in [2.45, 2.75) is 52.4 Å². The summed E-state index contributed by atoms with van der Waals surface area (Å²) in [4.78, 5) is 0. The second-order valence-electron chi connectivity index (χ2n) is 4.68. The SMILES string of the molecule is CCCCCc1cc2c(cc1CCC)OCO2. The number of benzene rings is 1. The highest BCUT2D eigenvalue weighted by molar-refractivity contribution is 5.48. The second kappa shape index (κ2) is 5.95. The largest absolute Gasteiger partial charge is 0.454 e. The molecule has 94 valence electrons. The molecule has 0 aliphatic carbocycles. The van der Waals surface area contributed by atoms with Crippen molar-refractivity contribution in [3.8, 4) is 11.5 Å². The summed E-state index contributed by atoms with van der Waals surface area (Å²) < 4.78 is 10.9. The average molecular weight is 234 g/mol. The van der Waals surface area contributed by atoms with E-state index >= 15 is 0 Å². The van der Waals surface area contributed by atoms with Gasteiger partial charge in [-0.05, 0) is 42.5 Å². The average Bonchev–Trinajstić information content (AvgIpc) is 2.77. The summed E-state index contributed by atoms with van der Waals surface area (Å²) in [6.07, 6.45) is 7.33. The van der Waals surface area contributed by atoms with Gasteiger partial charge in [0.15, 0.2) is 11.5 Å². The van der Waals surface area contributed by atoms with E-state index in [1.807, 2.05) is 0 Å². The quantitative estimate of drug-likeness (QED) is 0.690. The maximum absolute atomic E-state index is 5.46. The normalized spacial score (nSPS) is 13.1. The van der Waals surface area contributed by atoms with Crippen LogP contribution < -0.4 is 9.47 Å². The van der Waals surface area contributed by atoms with E-state index in [1.54, 1.807) is 0 Å². The predicted octanol–water partition coefficient (Wildman–Crippen LogP) is 4.10. The molecule has 1 heterocycles. The molecule has 0 unspecified atom stereocenters. The fraction of sp³-hybridized carbons (Fsp3) is 0.600. The summed E-state index contributed by atoms with van der Waals surface area (Å²) in [6, 6.07) is 4.36. The highest BCUT2D eigenvalue weighted by atomic mass is 16.7. The third kappa shape index (κ3) is 2.93. The maximum atomic E-state index is 5.46. The number of hydrogen-bond donors (Lipinski definition) is 0. The molecule has 0 radical (unpaired) electrons. The molecule has 0 N–H and O–H groups in total. The Bertz CT molecular complexity index is 371. The van der Waals surface area contributed by atoms with E-state index in [1.165, 1.54) is 43.2 Å². The molecule has 17 heavy (non-hydrogen) atoms. The highest BCUT2D eigenvalue weighted by Crippen LogP contribution is 2.35. The van der Waals surface area contributed by atoms with Crippen molar-refractivity contribution < 1.29 is 9.47 Å². The summed E-state index contributed by atoms with van der Waals surface area (Å²) in [7, 11) is 0. The van der Waals surface area contributed by atoms with Crippen molar-refractivity contribution in [1.82, 2.24) is 0 Å². The van der Waals surface area contributed by atoms with Gasteiger partial charge in [0.2, 0.25) is 6.79 Å². The molecule has 1 aliphatic rings. The zero-order chi connectivity index (χ0) is 12.1. The van der Waals surface area contributed by atoms with Crippen LogP contribution in [0.25, 0.3) is 0 Å². The van der Waals surface area contributed by atoms with Gasteiger partial charge >= 0.3 is 0 Å². The Morgan fingerprint density at radius 1 is 0.882 bits per heavy atom. The molecule has 2 nitrogen and oxygen atoms in total. The first-order valence-electron chi connectivity index (χ1n) is 6.76. The third-order valence-electron chi connectivity index (χ3n) is 3.26. The van der Waals surface area contributed by atoms with Crippen LogP contribution in [-0.2, 0) is 12.8 Å². The topological polar surface area (TPSA) is 18.5 Å². The smallest absolute Gasteiger partial charge is 0.231 e. The lowest BCUT2D eigenvalue weighted by Crippen LogP contribution is -1.95. The Hall–Kier alpha value is -1.18. The lowest BCUT2D eigenvalue weighted by Gasteiger charge is -2.10. The van der Waals surface area contributed by atoms with E-state index in [2.05, 4.69) is 26.0 Å². The van der Waals surface area contributed by atoms with Crippen LogP contribution in [0.4, 0.5) is 0 Å². The van der Waals surface area contributed by atoms with Gasteiger partial charge < -0.3 is 9.47 Å². The minimum absolute atomic E-state index is 0.374. The number of unbranched alkanes of at least 4 members (excludes halogenated alkanes) is 2. The highest BCUT2D eigenvalue weighted by Gasteiger charge is 2.16. The molecular weight excluding hydrogens is 212 g/mol. The minimum Gasteiger partial charge on any atom is -0.454 e. The molecule has 0 bridgehead atoms. The molecule has 1 aliphatic heterocycles. The maximum Gasteiger partial charge on any atom is 0.231 e. The monoisotopic (exact) mass is 234 g/mol. The second-order valence-corrected chi connectivity index (χ2v) is 4.68. The Morgan fingerprint density at radius 2 is 1.53 bits per heavy atom. The summed E-state index contributed by atoms with van der Waals surface area (Å²) >= 11 is 0. The summed E-state index contributed by atoms with van der Waals surface area (Å²) in [5.41, 5.74) is 2.89. The molecule has 1 aromatic rings.